The molecular weight excluding hydrogens is 214 g/mol. The minimum Gasteiger partial charge on any atom is -0.361 e. The maximum Gasteiger partial charge on any atom is 0.110 e. The van der Waals surface area contributed by atoms with Crippen LogP contribution in [0.25, 0.3) is 0 Å². The summed E-state index contributed by atoms with van der Waals surface area (Å²) in [4.78, 5) is 15.5. The molecule has 1 N–H and O–H groups in total. The van der Waals surface area contributed by atoms with Gasteiger partial charge >= 0.3 is 0 Å². The Morgan fingerprint density at radius 2 is 2.06 bits per heavy atom. The lowest BCUT2D eigenvalue weighted by molar-refractivity contribution is 0.964. The van der Waals surface area contributed by atoms with E-state index < -0.39 is 0 Å². The standard InChI is InChI=1S/C12H19N5/c1-5-11(2)17-10-15-9-12(8-14-4)16-7-6-13-3/h6-8,10,16H,3-5,9H2,1-2H3/b7-6-,12-8-,15-10?,17-11?. The fourth-order valence-electron chi connectivity index (χ4n) is 0.801. The molecule has 5 heteroatoms. The lowest BCUT2D eigenvalue weighted by Crippen LogP contribution is -2.07. The number of nitrogens with one attached hydrogen (secondary N) is 1. The van der Waals surface area contributed by atoms with Crippen LogP contribution >= 0.6 is 0 Å². The van der Waals surface area contributed by atoms with Gasteiger partial charge in [0.05, 0.1) is 12.2 Å². The quantitative estimate of drug-likeness (QED) is 0.507. The van der Waals surface area contributed by atoms with Crippen LogP contribution in [0.2, 0.25) is 0 Å². The van der Waals surface area contributed by atoms with Crippen LogP contribution in [0.5, 0.6) is 0 Å². The van der Waals surface area contributed by atoms with Crippen molar-refractivity contribution in [2.24, 2.45) is 20.0 Å². The van der Waals surface area contributed by atoms with Gasteiger partial charge in [-0.05, 0) is 26.8 Å². The van der Waals surface area contributed by atoms with Crippen molar-refractivity contribution < 1.29 is 0 Å². The molecule has 0 amide bonds. The predicted molar refractivity (Wildman–Crippen MR) is 76.2 cm³/mol. The van der Waals surface area contributed by atoms with E-state index in [0.717, 1.165) is 17.8 Å². The molecule has 0 aliphatic carbocycles. The first-order valence-corrected chi connectivity index (χ1v) is 5.28. The Morgan fingerprint density at radius 1 is 1.29 bits per heavy atom. The molecule has 0 aromatic rings. The summed E-state index contributed by atoms with van der Waals surface area (Å²) in [7, 11) is 0. The van der Waals surface area contributed by atoms with Gasteiger partial charge in [0, 0.05) is 24.3 Å². The second-order valence-corrected chi connectivity index (χ2v) is 3.15. The van der Waals surface area contributed by atoms with Gasteiger partial charge in [0.2, 0.25) is 0 Å². The molecule has 17 heavy (non-hydrogen) atoms. The van der Waals surface area contributed by atoms with Gasteiger partial charge in [0.25, 0.3) is 0 Å². The van der Waals surface area contributed by atoms with E-state index in [4.69, 9.17) is 0 Å². The van der Waals surface area contributed by atoms with Crippen molar-refractivity contribution in [3.8, 4) is 0 Å². The molecule has 92 valence electrons. The van der Waals surface area contributed by atoms with Crippen LogP contribution in [0.1, 0.15) is 20.3 Å². The second kappa shape index (κ2) is 10.5. The summed E-state index contributed by atoms with van der Waals surface area (Å²) in [5.41, 5.74) is 1.85. The molecule has 0 unspecified atom stereocenters. The first-order valence-electron chi connectivity index (χ1n) is 5.28. The van der Waals surface area contributed by atoms with Gasteiger partial charge in [0.1, 0.15) is 6.34 Å². The van der Waals surface area contributed by atoms with E-state index in [1.807, 2.05) is 13.8 Å². The number of hydrogen-bond acceptors (Lipinski definition) is 4. The van der Waals surface area contributed by atoms with E-state index in [1.54, 1.807) is 24.9 Å². The van der Waals surface area contributed by atoms with Crippen molar-refractivity contribution in [3.63, 3.8) is 0 Å². The molecule has 0 aliphatic heterocycles. The fourth-order valence-corrected chi connectivity index (χ4v) is 0.801. The summed E-state index contributed by atoms with van der Waals surface area (Å²) in [6.45, 7) is 11.2. The normalized spacial score (nSPS) is 13.3. The maximum atomic E-state index is 4.15. The molecule has 0 saturated heterocycles. The van der Waals surface area contributed by atoms with E-state index in [9.17, 15) is 0 Å². The molecule has 0 saturated carbocycles. The van der Waals surface area contributed by atoms with Crippen molar-refractivity contribution in [2.75, 3.05) is 6.54 Å². The van der Waals surface area contributed by atoms with E-state index in [2.05, 4.69) is 38.7 Å². The van der Waals surface area contributed by atoms with E-state index in [-0.39, 0.29) is 0 Å². The van der Waals surface area contributed by atoms with Gasteiger partial charge in [-0.15, -0.1) is 0 Å². The molecule has 0 aliphatic rings. The zero-order chi connectivity index (χ0) is 12.9. The van der Waals surface area contributed by atoms with Crippen LogP contribution in [-0.2, 0) is 0 Å². The smallest absolute Gasteiger partial charge is 0.110 e. The zero-order valence-electron chi connectivity index (χ0n) is 10.4. The van der Waals surface area contributed by atoms with Crippen LogP contribution < -0.4 is 5.32 Å². The Bertz CT molecular complexity index is 350. The van der Waals surface area contributed by atoms with Crippen LogP contribution in [0.4, 0.5) is 0 Å². The first kappa shape index (κ1) is 15.0. The lowest BCUT2D eigenvalue weighted by atomic mass is 10.3. The first-order chi connectivity index (χ1) is 8.24. The monoisotopic (exact) mass is 233 g/mol. The van der Waals surface area contributed by atoms with Crippen molar-refractivity contribution >= 4 is 25.5 Å². The molecule has 0 heterocycles. The SMILES string of the molecule is C=N/C=C\N/C(=C\N=C)CN=CN=C(C)CC. The van der Waals surface area contributed by atoms with Gasteiger partial charge in [-0.3, -0.25) is 15.0 Å². The molecule has 0 aromatic heterocycles. The third-order valence-corrected chi connectivity index (χ3v) is 1.83. The van der Waals surface area contributed by atoms with Gasteiger partial charge in [-0.1, -0.05) is 6.92 Å². The van der Waals surface area contributed by atoms with Crippen molar-refractivity contribution in [1.82, 2.24) is 5.32 Å². The molecule has 0 aromatic carbocycles. The van der Waals surface area contributed by atoms with E-state index >= 15 is 0 Å². The summed E-state index contributed by atoms with van der Waals surface area (Å²) in [5.74, 6) is 0. The average Bonchev–Trinajstić information content (AvgIpc) is 2.34. The topological polar surface area (TPSA) is 61.5 Å². The molecule has 0 radical (unpaired) electrons. The average molecular weight is 233 g/mol. The molecular formula is C12H19N5. The second-order valence-electron chi connectivity index (χ2n) is 3.15. The minimum atomic E-state index is 0.459. The van der Waals surface area contributed by atoms with E-state index in [1.165, 1.54) is 0 Å². The predicted octanol–water partition coefficient (Wildman–Crippen LogP) is 2.19. The van der Waals surface area contributed by atoms with Gasteiger partial charge in [-0.2, -0.15) is 0 Å². The molecule has 0 fully saturated rings. The number of aliphatic imine (C=N–C) groups is 4. The van der Waals surface area contributed by atoms with Gasteiger partial charge in [-0.25, -0.2) is 4.99 Å². The van der Waals surface area contributed by atoms with Crippen LogP contribution in [0.15, 0.2) is 44.3 Å². The summed E-state index contributed by atoms with van der Waals surface area (Å²) in [6, 6.07) is 0. The highest BCUT2D eigenvalue weighted by atomic mass is 14.9. The number of hydrogen-bond donors (Lipinski definition) is 1. The molecule has 0 atom stereocenters. The van der Waals surface area contributed by atoms with Crippen LogP contribution in [-0.4, -0.2) is 32.0 Å². The highest BCUT2D eigenvalue weighted by Gasteiger charge is 1.90. The fraction of sp³-hybridized carbons (Fsp3) is 0.333. The Balaban J connectivity index is 4.27. The highest BCUT2D eigenvalue weighted by molar-refractivity contribution is 5.88. The summed E-state index contributed by atoms with van der Waals surface area (Å²) < 4.78 is 0. The van der Waals surface area contributed by atoms with Crippen LogP contribution in [0, 0.1) is 0 Å². The molecule has 0 rings (SSSR count). The van der Waals surface area contributed by atoms with E-state index in [0.29, 0.717) is 6.54 Å². The number of rotatable bonds is 8. The zero-order valence-corrected chi connectivity index (χ0v) is 10.4. The molecule has 0 spiro atoms. The molecule has 5 nitrogen and oxygen atoms in total. The van der Waals surface area contributed by atoms with Crippen molar-refractivity contribution in [2.45, 2.75) is 20.3 Å². The summed E-state index contributed by atoms with van der Waals surface area (Å²) >= 11 is 0. The number of nitrogens with zero attached hydrogens (tertiary/aromatic N) is 4. The maximum absolute atomic E-state index is 4.15. The summed E-state index contributed by atoms with van der Waals surface area (Å²) in [6.07, 6.45) is 7.27. The highest BCUT2D eigenvalue weighted by Crippen LogP contribution is 1.91. The minimum absolute atomic E-state index is 0.459. The lowest BCUT2D eigenvalue weighted by Gasteiger charge is -2.01. The van der Waals surface area contributed by atoms with Gasteiger partial charge < -0.3 is 5.32 Å². The third kappa shape index (κ3) is 8.92. The Morgan fingerprint density at radius 3 is 2.65 bits per heavy atom. The largest absolute Gasteiger partial charge is 0.361 e. The Labute approximate surface area is 103 Å². The van der Waals surface area contributed by atoms with Gasteiger partial charge in [0.15, 0.2) is 0 Å². The van der Waals surface area contributed by atoms with Crippen molar-refractivity contribution in [1.29, 1.82) is 0 Å². The van der Waals surface area contributed by atoms with Crippen LogP contribution in [0.3, 0.4) is 0 Å². The Hall–Kier alpha value is -2.04. The Kier molecular flexibility index (Phi) is 9.22. The van der Waals surface area contributed by atoms with Crippen molar-refractivity contribution in [3.05, 3.63) is 24.3 Å². The summed E-state index contributed by atoms with van der Waals surface area (Å²) in [5, 5.41) is 2.97. The third-order valence-electron chi connectivity index (χ3n) is 1.83. The molecule has 0 bridgehead atoms.